The molecule has 3 aromatic carbocycles. The summed E-state index contributed by atoms with van der Waals surface area (Å²) in [7, 11) is 0. The number of carbonyl (C=O) groups excluding carboxylic acids is 1. The number of benzene rings is 3. The van der Waals surface area contributed by atoms with Crippen LogP contribution in [-0.4, -0.2) is 21.6 Å². The quantitative estimate of drug-likeness (QED) is 0.219. The highest BCUT2D eigenvalue weighted by Crippen LogP contribution is 2.27. The van der Waals surface area contributed by atoms with Gasteiger partial charge in [0.25, 0.3) is 11.6 Å². The number of nitrogens with one attached hydrogen (secondary N) is 1. The molecule has 4 aromatic rings. The molecule has 0 bridgehead atoms. The standard InChI is InChI=1S/C28H26N4O3/c1-19-14-15-25(32(34)35)17-26(19)31-20(2)16-24(21(31)3)18-29-30-28(33)27(22-10-6-4-7-11-22)23-12-8-5-9-13-23/h4-18,27H,1-3H3,(H,30,33)/b29-18-. The van der Waals surface area contributed by atoms with E-state index in [0.717, 1.165) is 39.3 Å². The Morgan fingerprint density at radius 3 is 2.11 bits per heavy atom. The van der Waals surface area contributed by atoms with E-state index in [0.29, 0.717) is 0 Å². The summed E-state index contributed by atoms with van der Waals surface area (Å²) in [5.74, 6) is -0.725. The largest absolute Gasteiger partial charge is 0.317 e. The molecule has 0 spiro atoms. The fraction of sp³-hybridized carbons (Fsp3) is 0.143. The Bertz CT molecular complexity index is 1350. The fourth-order valence-electron chi connectivity index (χ4n) is 4.26. The number of aryl methyl sites for hydroxylation is 2. The number of hydrazone groups is 1. The highest BCUT2D eigenvalue weighted by atomic mass is 16.6. The van der Waals surface area contributed by atoms with Gasteiger partial charge in [-0.3, -0.25) is 14.9 Å². The molecule has 0 unspecified atom stereocenters. The summed E-state index contributed by atoms with van der Waals surface area (Å²) in [4.78, 5) is 24.0. The predicted octanol–water partition coefficient (Wildman–Crippen LogP) is 5.59. The number of non-ortho nitro benzene ring substituents is 1. The van der Waals surface area contributed by atoms with Crippen molar-refractivity contribution in [2.45, 2.75) is 26.7 Å². The van der Waals surface area contributed by atoms with E-state index in [1.54, 1.807) is 18.3 Å². The zero-order chi connectivity index (χ0) is 24.9. The summed E-state index contributed by atoms with van der Waals surface area (Å²) in [6.07, 6.45) is 1.61. The van der Waals surface area contributed by atoms with Crippen LogP contribution >= 0.6 is 0 Å². The maximum absolute atomic E-state index is 13.2. The number of rotatable bonds is 7. The van der Waals surface area contributed by atoms with Crippen molar-refractivity contribution in [2.75, 3.05) is 0 Å². The Morgan fingerprint density at radius 2 is 1.54 bits per heavy atom. The molecule has 0 saturated heterocycles. The van der Waals surface area contributed by atoms with E-state index in [9.17, 15) is 14.9 Å². The Balaban J connectivity index is 1.60. The van der Waals surface area contributed by atoms with E-state index >= 15 is 0 Å². The number of carbonyl (C=O) groups is 1. The SMILES string of the molecule is Cc1ccc([N+](=O)[O-])cc1-n1c(C)cc(/C=N\NC(=O)C(c2ccccc2)c2ccccc2)c1C. The maximum atomic E-state index is 13.2. The second-order valence-electron chi connectivity index (χ2n) is 8.38. The molecule has 0 aliphatic carbocycles. The predicted molar refractivity (Wildman–Crippen MR) is 137 cm³/mol. The number of aromatic nitrogens is 1. The summed E-state index contributed by atoms with van der Waals surface area (Å²) in [5.41, 5.74) is 8.73. The van der Waals surface area contributed by atoms with Crippen LogP contribution in [0, 0.1) is 30.9 Å². The van der Waals surface area contributed by atoms with Gasteiger partial charge in [-0.05, 0) is 43.5 Å². The van der Waals surface area contributed by atoms with Crippen LogP contribution in [0.25, 0.3) is 5.69 Å². The molecular formula is C28H26N4O3. The number of nitro benzene ring substituents is 1. The van der Waals surface area contributed by atoms with E-state index in [-0.39, 0.29) is 11.6 Å². The molecule has 0 atom stereocenters. The fourth-order valence-corrected chi connectivity index (χ4v) is 4.26. The lowest BCUT2D eigenvalue weighted by molar-refractivity contribution is -0.384. The summed E-state index contributed by atoms with van der Waals surface area (Å²) in [6, 6.07) is 25.9. The monoisotopic (exact) mass is 466 g/mol. The van der Waals surface area contributed by atoms with E-state index in [4.69, 9.17) is 0 Å². The van der Waals surface area contributed by atoms with Gasteiger partial charge in [0.2, 0.25) is 0 Å². The molecule has 7 nitrogen and oxygen atoms in total. The third-order valence-electron chi connectivity index (χ3n) is 6.02. The number of amides is 1. The van der Waals surface area contributed by atoms with Crippen molar-refractivity contribution in [1.29, 1.82) is 0 Å². The molecule has 4 rings (SSSR count). The van der Waals surface area contributed by atoms with Crippen LogP contribution in [0.2, 0.25) is 0 Å². The minimum absolute atomic E-state index is 0.0356. The van der Waals surface area contributed by atoms with Crippen molar-refractivity contribution >= 4 is 17.8 Å². The van der Waals surface area contributed by atoms with Crippen molar-refractivity contribution in [3.05, 3.63) is 129 Å². The first kappa shape index (κ1) is 23.6. The van der Waals surface area contributed by atoms with Gasteiger partial charge in [-0.25, -0.2) is 5.43 Å². The summed E-state index contributed by atoms with van der Waals surface area (Å²) < 4.78 is 1.96. The van der Waals surface area contributed by atoms with E-state index in [1.807, 2.05) is 92.1 Å². The van der Waals surface area contributed by atoms with Gasteiger partial charge in [0.15, 0.2) is 0 Å². The van der Waals surface area contributed by atoms with Crippen LogP contribution in [0.5, 0.6) is 0 Å². The van der Waals surface area contributed by atoms with Crippen molar-refractivity contribution in [1.82, 2.24) is 9.99 Å². The summed E-state index contributed by atoms with van der Waals surface area (Å²) in [5, 5.41) is 15.5. The zero-order valence-electron chi connectivity index (χ0n) is 19.8. The minimum Gasteiger partial charge on any atom is -0.317 e. The van der Waals surface area contributed by atoms with Crippen molar-refractivity contribution < 1.29 is 9.72 Å². The first-order chi connectivity index (χ1) is 16.9. The molecule has 0 radical (unpaired) electrons. The Morgan fingerprint density at radius 1 is 0.943 bits per heavy atom. The highest BCUT2D eigenvalue weighted by molar-refractivity contribution is 5.89. The van der Waals surface area contributed by atoms with Crippen LogP contribution in [-0.2, 0) is 4.79 Å². The van der Waals surface area contributed by atoms with Crippen molar-refractivity contribution in [2.24, 2.45) is 5.10 Å². The van der Waals surface area contributed by atoms with E-state index < -0.39 is 10.8 Å². The van der Waals surface area contributed by atoms with Crippen molar-refractivity contribution in [3.8, 4) is 5.69 Å². The Kier molecular flexibility index (Phi) is 6.87. The molecule has 1 aromatic heterocycles. The summed E-state index contributed by atoms with van der Waals surface area (Å²) >= 11 is 0. The van der Waals surface area contributed by atoms with Gasteiger partial charge < -0.3 is 4.57 Å². The van der Waals surface area contributed by atoms with Gasteiger partial charge >= 0.3 is 0 Å². The van der Waals surface area contributed by atoms with Gasteiger partial charge in [0.1, 0.15) is 0 Å². The summed E-state index contributed by atoms with van der Waals surface area (Å²) in [6.45, 7) is 5.77. The average molecular weight is 467 g/mol. The second-order valence-corrected chi connectivity index (χ2v) is 8.38. The molecule has 176 valence electrons. The lowest BCUT2D eigenvalue weighted by atomic mass is 9.91. The normalized spacial score (nSPS) is 11.2. The molecule has 1 N–H and O–H groups in total. The molecule has 1 amide bonds. The van der Waals surface area contributed by atoms with Gasteiger partial charge in [-0.2, -0.15) is 5.10 Å². The van der Waals surface area contributed by atoms with Gasteiger partial charge in [0, 0.05) is 29.1 Å². The van der Waals surface area contributed by atoms with Crippen LogP contribution < -0.4 is 5.43 Å². The first-order valence-electron chi connectivity index (χ1n) is 11.2. The van der Waals surface area contributed by atoms with E-state index in [2.05, 4.69) is 10.5 Å². The van der Waals surface area contributed by atoms with Crippen LogP contribution in [0.1, 0.15) is 39.6 Å². The number of hydrogen-bond acceptors (Lipinski definition) is 4. The molecule has 0 fully saturated rings. The average Bonchev–Trinajstić information content (AvgIpc) is 3.13. The molecule has 35 heavy (non-hydrogen) atoms. The lowest BCUT2D eigenvalue weighted by Crippen LogP contribution is -2.26. The molecule has 0 aliphatic heterocycles. The van der Waals surface area contributed by atoms with Crippen LogP contribution in [0.3, 0.4) is 0 Å². The second kappa shape index (κ2) is 10.2. The first-order valence-corrected chi connectivity index (χ1v) is 11.2. The Hall–Kier alpha value is -4.52. The van der Waals surface area contributed by atoms with Crippen LogP contribution in [0.4, 0.5) is 5.69 Å². The van der Waals surface area contributed by atoms with Gasteiger partial charge in [0.05, 0.1) is 22.7 Å². The van der Waals surface area contributed by atoms with Gasteiger partial charge in [-0.1, -0.05) is 66.7 Å². The smallest absolute Gasteiger partial charge is 0.271 e. The maximum Gasteiger partial charge on any atom is 0.271 e. The van der Waals surface area contributed by atoms with Crippen LogP contribution in [0.15, 0.2) is 90.0 Å². The number of nitro groups is 1. The Labute approximate surface area is 203 Å². The van der Waals surface area contributed by atoms with Crippen molar-refractivity contribution in [3.63, 3.8) is 0 Å². The third kappa shape index (κ3) is 5.04. The van der Waals surface area contributed by atoms with E-state index in [1.165, 1.54) is 6.07 Å². The van der Waals surface area contributed by atoms with Gasteiger partial charge in [-0.15, -0.1) is 0 Å². The lowest BCUT2D eigenvalue weighted by Gasteiger charge is -2.16. The third-order valence-corrected chi connectivity index (χ3v) is 6.02. The number of hydrogen-bond donors (Lipinski definition) is 1. The molecule has 7 heteroatoms. The minimum atomic E-state index is -0.491. The molecule has 0 aliphatic rings. The highest BCUT2D eigenvalue weighted by Gasteiger charge is 2.22. The molecule has 0 saturated carbocycles. The molecular weight excluding hydrogens is 440 g/mol. The molecule has 1 heterocycles. The number of nitrogens with zero attached hydrogens (tertiary/aromatic N) is 3. The topological polar surface area (TPSA) is 89.5 Å². The zero-order valence-corrected chi connectivity index (χ0v) is 19.8.